The number of nitrogens with two attached hydrogens (primary N) is 1. The minimum Gasteiger partial charge on any atom is -0.325 e. The van der Waals surface area contributed by atoms with Gasteiger partial charge >= 0.3 is 0 Å². The fourth-order valence-electron chi connectivity index (χ4n) is 1.66. The van der Waals surface area contributed by atoms with Crippen LogP contribution in [-0.2, 0) is 17.6 Å². The number of rotatable bonds is 4. The molecule has 2 heteroatoms. The van der Waals surface area contributed by atoms with Gasteiger partial charge < -0.3 is 5.73 Å². The highest BCUT2D eigenvalue weighted by Crippen LogP contribution is 2.12. The standard InChI is InChI=1S/C13H19NO/c1-10(15)7-11-5-4-6-12(8-11)9-13(2,3)14/h4-6,8H,7,9,14H2,1-3H3. The highest BCUT2D eigenvalue weighted by atomic mass is 16.1. The Bertz CT molecular complexity index is 350. The molecule has 0 unspecified atom stereocenters. The van der Waals surface area contributed by atoms with Crippen molar-refractivity contribution in [2.24, 2.45) is 5.73 Å². The monoisotopic (exact) mass is 205 g/mol. The van der Waals surface area contributed by atoms with Gasteiger partial charge in [-0.05, 0) is 38.3 Å². The number of hydrogen-bond donors (Lipinski definition) is 1. The average molecular weight is 205 g/mol. The van der Waals surface area contributed by atoms with Crippen LogP contribution in [-0.4, -0.2) is 11.3 Å². The molecule has 0 aliphatic heterocycles. The van der Waals surface area contributed by atoms with E-state index >= 15 is 0 Å². The van der Waals surface area contributed by atoms with E-state index in [0.29, 0.717) is 6.42 Å². The molecule has 0 fully saturated rings. The van der Waals surface area contributed by atoms with E-state index in [1.165, 1.54) is 5.56 Å². The van der Waals surface area contributed by atoms with E-state index in [-0.39, 0.29) is 11.3 Å². The number of benzene rings is 1. The molecular formula is C13H19NO. The van der Waals surface area contributed by atoms with Crippen LogP contribution in [0.1, 0.15) is 31.9 Å². The molecule has 0 aromatic heterocycles. The summed E-state index contributed by atoms with van der Waals surface area (Å²) in [6.07, 6.45) is 1.34. The lowest BCUT2D eigenvalue weighted by atomic mass is 9.94. The first-order valence-electron chi connectivity index (χ1n) is 5.23. The second-order valence-electron chi connectivity index (χ2n) is 4.86. The van der Waals surface area contributed by atoms with E-state index in [9.17, 15) is 4.79 Å². The molecule has 2 N–H and O–H groups in total. The summed E-state index contributed by atoms with van der Waals surface area (Å²) in [5.74, 6) is 0.194. The van der Waals surface area contributed by atoms with Crippen LogP contribution in [0.2, 0.25) is 0 Å². The minimum atomic E-state index is -0.200. The van der Waals surface area contributed by atoms with Gasteiger partial charge in [-0.2, -0.15) is 0 Å². The molecule has 1 aromatic rings. The summed E-state index contributed by atoms with van der Waals surface area (Å²) >= 11 is 0. The number of carbonyl (C=O) groups excluding carboxylic acids is 1. The maximum atomic E-state index is 11.0. The summed E-state index contributed by atoms with van der Waals surface area (Å²) in [7, 11) is 0. The van der Waals surface area contributed by atoms with Gasteiger partial charge in [-0.3, -0.25) is 4.79 Å². The van der Waals surface area contributed by atoms with Crippen molar-refractivity contribution in [2.45, 2.75) is 39.2 Å². The Morgan fingerprint density at radius 2 is 1.93 bits per heavy atom. The summed E-state index contributed by atoms with van der Waals surface area (Å²) in [4.78, 5) is 11.0. The summed E-state index contributed by atoms with van der Waals surface area (Å²) in [5.41, 5.74) is 8.02. The smallest absolute Gasteiger partial charge is 0.134 e. The Kier molecular flexibility index (Phi) is 3.64. The maximum Gasteiger partial charge on any atom is 0.134 e. The third-order valence-electron chi connectivity index (χ3n) is 2.10. The highest BCUT2D eigenvalue weighted by Gasteiger charge is 2.11. The zero-order valence-electron chi connectivity index (χ0n) is 9.71. The predicted octanol–water partition coefficient (Wildman–Crippen LogP) is 2.10. The fraction of sp³-hybridized carbons (Fsp3) is 0.462. The van der Waals surface area contributed by atoms with Crippen LogP contribution in [0, 0.1) is 0 Å². The quantitative estimate of drug-likeness (QED) is 0.818. The van der Waals surface area contributed by atoms with E-state index < -0.39 is 0 Å². The van der Waals surface area contributed by atoms with Gasteiger partial charge in [-0.25, -0.2) is 0 Å². The van der Waals surface area contributed by atoms with Crippen molar-refractivity contribution in [3.05, 3.63) is 35.4 Å². The van der Waals surface area contributed by atoms with Gasteiger partial charge in [-0.15, -0.1) is 0 Å². The largest absolute Gasteiger partial charge is 0.325 e. The Morgan fingerprint density at radius 3 is 2.47 bits per heavy atom. The van der Waals surface area contributed by atoms with Crippen molar-refractivity contribution in [1.29, 1.82) is 0 Å². The van der Waals surface area contributed by atoms with Gasteiger partial charge in [-0.1, -0.05) is 24.3 Å². The Balaban J connectivity index is 2.79. The molecule has 0 amide bonds. The van der Waals surface area contributed by atoms with E-state index in [4.69, 9.17) is 5.73 Å². The zero-order chi connectivity index (χ0) is 11.5. The van der Waals surface area contributed by atoms with Crippen LogP contribution in [0.25, 0.3) is 0 Å². The summed E-state index contributed by atoms with van der Waals surface area (Å²) < 4.78 is 0. The molecule has 82 valence electrons. The first-order valence-corrected chi connectivity index (χ1v) is 5.23. The van der Waals surface area contributed by atoms with Crippen LogP contribution in [0.3, 0.4) is 0 Å². The topological polar surface area (TPSA) is 43.1 Å². The average Bonchev–Trinajstić information content (AvgIpc) is 1.99. The number of carbonyl (C=O) groups is 1. The molecule has 0 heterocycles. The zero-order valence-corrected chi connectivity index (χ0v) is 9.71. The fourth-order valence-corrected chi connectivity index (χ4v) is 1.66. The molecule has 2 nitrogen and oxygen atoms in total. The second kappa shape index (κ2) is 4.58. The van der Waals surface area contributed by atoms with Gasteiger partial charge in [0.2, 0.25) is 0 Å². The first-order chi connectivity index (χ1) is 6.87. The number of hydrogen-bond acceptors (Lipinski definition) is 2. The number of Topliss-reactive ketones (excluding diaryl/α,β-unsaturated/α-hetero) is 1. The molecule has 0 spiro atoms. The Hall–Kier alpha value is -1.15. The lowest BCUT2D eigenvalue weighted by molar-refractivity contribution is -0.116. The van der Waals surface area contributed by atoms with Crippen LogP contribution in [0.5, 0.6) is 0 Å². The van der Waals surface area contributed by atoms with Gasteiger partial charge in [0.15, 0.2) is 0 Å². The molecule has 0 bridgehead atoms. The Labute approximate surface area is 91.5 Å². The molecule has 0 saturated carbocycles. The van der Waals surface area contributed by atoms with Crippen molar-refractivity contribution in [1.82, 2.24) is 0 Å². The van der Waals surface area contributed by atoms with Gasteiger partial charge in [0, 0.05) is 12.0 Å². The molecule has 0 radical (unpaired) electrons. The molecule has 0 aliphatic carbocycles. The molecule has 1 aromatic carbocycles. The molecule has 0 atom stereocenters. The summed E-state index contributed by atoms with van der Waals surface area (Å²) in [6, 6.07) is 8.09. The van der Waals surface area contributed by atoms with Crippen molar-refractivity contribution in [3.8, 4) is 0 Å². The molecule has 1 rings (SSSR count). The van der Waals surface area contributed by atoms with E-state index in [0.717, 1.165) is 12.0 Å². The molecule has 0 aliphatic rings. The van der Waals surface area contributed by atoms with Crippen molar-refractivity contribution in [3.63, 3.8) is 0 Å². The first kappa shape index (κ1) is 11.9. The van der Waals surface area contributed by atoms with Gasteiger partial charge in [0.05, 0.1) is 0 Å². The molecular weight excluding hydrogens is 186 g/mol. The normalized spacial score (nSPS) is 11.5. The molecule has 0 saturated heterocycles. The maximum absolute atomic E-state index is 11.0. The third-order valence-corrected chi connectivity index (χ3v) is 2.10. The minimum absolute atomic E-state index is 0.194. The SMILES string of the molecule is CC(=O)Cc1cccc(CC(C)(C)N)c1. The van der Waals surface area contributed by atoms with Crippen LogP contribution >= 0.6 is 0 Å². The van der Waals surface area contributed by atoms with Crippen molar-refractivity contribution in [2.75, 3.05) is 0 Å². The van der Waals surface area contributed by atoms with E-state index in [1.807, 2.05) is 26.0 Å². The van der Waals surface area contributed by atoms with E-state index in [1.54, 1.807) is 6.92 Å². The number of ketones is 1. The second-order valence-corrected chi connectivity index (χ2v) is 4.86. The Morgan fingerprint density at radius 1 is 1.33 bits per heavy atom. The van der Waals surface area contributed by atoms with Crippen molar-refractivity contribution < 1.29 is 4.79 Å². The summed E-state index contributed by atoms with van der Waals surface area (Å²) in [5, 5.41) is 0. The lowest BCUT2D eigenvalue weighted by Gasteiger charge is -2.18. The van der Waals surface area contributed by atoms with E-state index in [2.05, 4.69) is 12.1 Å². The third kappa shape index (κ3) is 4.75. The highest BCUT2D eigenvalue weighted by molar-refractivity contribution is 5.78. The van der Waals surface area contributed by atoms with Crippen LogP contribution in [0.4, 0.5) is 0 Å². The summed E-state index contributed by atoms with van der Waals surface area (Å²) in [6.45, 7) is 5.62. The van der Waals surface area contributed by atoms with Gasteiger partial charge in [0.25, 0.3) is 0 Å². The lowest BCUT2D eigenvalue weighted by Crippen LogP contribution is -2.34. The van der Waals surface area contributed by atoms with Gasteiger partial charge in [0.1, 0.15) is 5.78 Å². The van der Waals surface area contributed by atoms with Crippen LogP contribution < -0.4 is 5.73 Å². The predicted molar refractivity (Wildman–Crippen MR) is 62.8 cm³/mol. The van der Waals surface area contributed by atoms with Crippen molar-refractivity contribution >= 4 is 5.78 Å². The molecule has 15 heavy (non-hydrogen) atoms. The van der Waals surface area contributed by atoms with Crippen LogP contribution in [0.15, 0.2) is 24.3 Å².